The average molecular weight is 304 g/mol. The van der Waals surface area contributed by atoms with E-state index >= 15 is 0 Å². The highest BCUT2D eigenvalue weighted by Crippen LogP contribution is 2.40. The van der Waals surface area contributed by atoms with Gasteiger partial charge in [-0.3, -0.25) is 19.2 Å². The van der Waals surface area contributed by atoms with Crippen molar-refractivity contribution < 1.29 is 44.3 Å². The molecule has 0 aromatic heterocycles. The molecule has 0 saturated carbocycles. The summed E-state index contributed by atoms with van der Waals surface area (Å²) < 4.78 is 5.32. The van der Waals surface area contributed by atoms with E-state index in [1.165, 1.54) is 0 Å². The monoisotopic (exact) mass is 304 g/mol. The molecule has 0 aromatic rings. The van der Waals surface area contributed by atoms with Gasteiger partial charge in [-0.05, 0) is 0 Å². The fourth-order valence-corrected chi connectivity index (χ4v) is 2.69. The number of hydrogen-bond acceptors (Lipinski definition) is 5. The third-order valence-corrected chi connectivity index (χ3v) is 3.43. The standard InChI is InChI=1S/C12H16O9/c13-9(14)1-5-6(2-10(15)16)8(4-12(19)20)21-7(5)3-11(17)18/h5-8H,1-4H2,(H,13,14)(H,15,16)(H,17,18)(H,19,20). The van der Waals surface area contributed by atoms with Gasteiger partial charge in [0.1, 0.15) is 0 Å². The molecule has 0 bridgehead atoms. The Balaban J connectivity index is 2.99. The molecule has 0 spiro atoms. The summed E-state index contributed by atoms with van der Waals surface area (Å²) in [6.45, 7) is 0. The molecule has 9 heteroatoms. The first-order valence-electron chi connectivity index (χ1n) is 6.23. The maximum Gasteiger partial charge on any atom is 0.305 e. The van der Waals surface area contributed by atoms with Gasteiger partial charge in [0, 0.05) is 11.8 Å². The van der Waals surface area contributed by atoms with E-state index in [0.717, 1.165) is 0 Å². The van der Waals surface area contributed by atoms with Crippen LogP contribution in [0.5, 0.6) is 0 Å². The van der Waals surface area contributed by atoms with Crippen LogP contribution in [0, 0.1) is 11.8 Å². The van der Waals surface area contributed by atoms with Gasteiger partial charge in [0.2, 0.25) is 0 Å². The lowest BCUT2D eigenvalue weighted by atomic mass is 9.81. The second-order valence-corrected chi connectivity index (χ2v) is 4.93. The molecule has 4 unspecified atom stereocenters. The summed E-state index contributed by atoms with van der Waals surface area (Å²) in [6, 6.07) is 0. The summed E-state index contributed by atoms with van der Waals surface area (Å²) in [5, 5.41) is 35.4. The maximum absolute atomic E-state index is 10.9. The van der Waals surface area contributed by atoms with Crippen LogP contribution in [0.3, 0.4) is 0 Å². The van der Waals surface area contributed by atoms with Crippen molar-refractivity contribution in [2.75, 3.05) is 0 Å². The number of carboxylic acid groups (broad SMARTS) is 4. The van der Waals surface area contributed by atoms with Gasteiger partial charge < -0.3 is 25.2 Å². The van der Waals surface area contributed by atoms with E-state index in [-0.39, 0.29) is 0 Å². The Bertz CT molecular complexity index is 404. The van der Waals surface area contributed by atoms with Crippen LogP contribution in [0.1, 0.15) is 25.7 Å². The summed E-state index contributed by atoms with van der Waals surface area (Å²) in [6.07, 6.45) is -3.94. The molecule has 1 fully saturated rings. The van der Waals surface area contributed by atoms with Crippen LogP contribution in [-0.4, -0.2) is 56.5 Å². The van der Waals surface area contributed by atoms with Gasteiger partial charge in [0.25, 0.3) is 0 Å². The highest BCUT2D eigenvalue weighted by Gasteiger charge is 2.47. The van der Waals surface area contributed by atoms with Crippen molar-refractivity contribution in [3.8, 4) is 0 Å². The zero-order chi connectivity index (χ0) is 16.2. The lowest BCUT2D eigenvalue weighted by Crippen LogP contribution is -2.29. The summed E-state index contributed by atoms with van der Waals surface area (Å²) >= 11 is 0. The summed E-state index contributed by atoms with van der Waals surface area (Å²) in [5.74, 6) is -6.57. The Morgan fingerprint density at radius 3 is 1.14 bits per heavy atom. The summed E-state index contributed by atoms with van der Waals surface area (Å²) in [4.78, 5) is 43.3. The topological polar surface area (TPSA) is 158 Å². The van der Waals surface area contributed by atoms with Crippen LogP contribution in [0.25, 0.3) is 0 Å². The lowest BCUT2D eigenvalue weighted by Gasteiger charge is -2.20. The molecule has 118 valence electrons. The first kappa shape index (κ1) is 16.9. The molecule has 0 aromatic carbocycles. The molecule has 1 saturated heterocycles. The van der Waals surface area contributed by atoms with Gasteiger partial charge >= 0.3 is 23.9 Å². The quantitative estimate of drug-likeness (QED) is 0.479. The summed E-state index contributed by atoms with van der Waals surface area (Å²) in [5.41, 5.74) is 0. The van der Waals surface area contributed by atoms with Crippen LogP contribution in [0.2, 0.25) is 0 Å². The molecular formula is C12H16O9. The van der Waals surface area contributed by atoms with Crippen LogP contribution in [-0.2, 0) is 23.9 Å². The fourth-order valence-electron chi connectivity index (χ4n) is 2.69. The van der Waals surface area contributed by atoms with Crippen molar-refractivity contribution >= 4 is 23.9 Å². The van der Waals surface area contributed by atoms with E-state index in [9.17, 15) is 19.2 Å². The molecule has 1 aliphatic rings. The van der Waals surface area contributed by atoms with Crippen molar-refractivity contribution in [2.45, 2.75) is 37.9 Å². The van der Waals surface area contributed by atoms with E-state index in [0.29, 0.717) is 0 Å². The smallest absolute Gasteiger partial charge is 0.305 e. The molecule has 0 radical (unpaired) electrons. The minimum absolute atomic E-state index is 0.466. The van der Waals surface area contributed by atoms with Crippen molar-refractivity contribution in [2.24, 2.45) is 11.8 Å². The van der Waals surface area contributed by atoms with Gasteiger partial charge in [0.05, 0.1) is 37.9 Å². The van der Waals surface area contributed by atoms with Crippen molar-refractivity contribution in [3.05, 3.63) is 0 Å². The predicted octanol–water partition coefficient (Wildman–Crippen LogP) is -0.115. The van der Waals surface area contributed by atoms with Gasteiger partial charge in [0.15, 0.2) is 0 Å². The van der Waals surface area contributed by atoms with E-state index in [4.69, 9.17) is 25.2 Å². The molecule has 1 aliphatic heterocycles. The average Bonchev–Trinajstić information content (AvgIpc) is 2.55. The van der Waals surface area contributed by atoms with Crippen molar-refractivity contribution in [1.82, 2.24) is 0 Å². The molecule has 0 aliphatic carbocycles. The van der Waals surface area contributed by atoms with Crippen LogP contribution >= 0.6 is 0 Å². The zero-order valence-corrected chi connectivity index (χ0v) is 11.0. The summed E-state index contributed by atoms with van der Waals surface area (Å²) in [7, 11) is 0. The number of aliphatic carboxylic acids is 4. The number of ether oxygens (including phenoxy) is 1. The molecule has 1 rings (SSSR count). The normalized spacial score (nSPS) is 28.2. The van der Waals surface area contributed by atoms with Gasteiger partial charge in [-0.1, -0.05) is 0 Å². The Morgan fingerprint density at radius 1 is 0.619 bits per heavy atom. The van der Waals surface area contributed by atoms with E-state index < -0.39 is 73.6 Å². The van der Waals surface area contributed by atoms with Gasteiger partial charge in [-0.2, -0.15) is 0 Å². The molecule has 4 N–H and O–H groups in total. The predicted molar refractivity (Wildman–Crippen MR) is 64.7 cm³/mol. The molecular weight excluding hydrogens is 288 g/mol. The number of carbonyl (C=O) groups is 4. The molecule has 0 amide bonds. The Morgan fingerprint density at radius 2 is 0.905 bits per heavy atom. The van der Waals surface area contributed by atoms with Gasteiger partial charge in [-0.25, -0.2) is 0 Å². The fraction of sp³-hybridized carbons (Fsp3) is 0.667. The second-order valence-electron chi connectivity index (χ2n) is 4.93. The third kappa shape index (κ3) is 5.03. The number of carboxylic acids is 4. The minimum atomic E-state index is -1.22. The Kier molecular flexibility index (Phi) is 5.65. The highest BCUT2D eigenvalue weighted by molar-refractivity contribution is 5.71. The molecule has 1 heterocycles. The first-order valence-corrected chi connectivity index (χ1v) is 6.23. The minimum Gasteiger partial charge on any atom is -0.481 e. The highest BCUT2D eigenvalue weighted by atomic mass is 16.5. The Hall–Kier alpha value is -2.16. The van der Waals surface area contributed by atoms with Crippen LogP contribution in [0.15, 0.2) is 0 Å². The third-order valence-electron chi connectivity index (χ3n) is 3.43. The first-order chi connectivity index (χ1) is 9.70. The molecule has 9 nitrogen and oxygen atoms in total. The van der Waals surface area contributed by atoms with Crippen LogP contribution < -0.4 is 0 Å². The largest absolute Gasteiger partial charge is 0.481 e. The number of hydrogen-bond donors (Lipinski definition) is 4. The maximum atomic E-state index is 10.9. The SMILES string of the molecule is O=C(O)CC1OC(CC(=O)O)C(CC(=O)O)C1CC(=O)O. The lowest BCUT2D eigenvalue weighted by molar-refractivity contribution is -0.144. The Labute approximate surface area is 119 Å². The van der Waals surface area contributed by atoms with E-state index in [2.05, 4.69) is 0 Å². The van der Waals surface area contributed by atoms with E-state index in [1.54, 1.807) is 0 Å². The molecule has 4 atom stereocenters. The van der Waals surface area contributed by atoms with Crippen LogP contribution in [0.4, 0.5) is 0 Å². The van der Waals surface area contributed by atoms with Crippen molar-refractivity contribution in [1.29, 1.82) is 0 Å². The van der Waals surface area contributed by atoms with Crippen molar-refractivity contribution in [3.63, 3.8) is 0 Å². The van der Waals surface area contributed by atoms with Gasteiger partial charge in [-0.15, -0.1) is 0 Å². The zero-order valence-electron chi connectivity index (χ0n) is 11.0. The number of rotatable bonds is 8. The van der Waals surface area contributed by atoms with E-state index in [1.807, 2.05) is 0 Å². The molecule has 21 heavy (non-hydrogen) atoms. The second kappa shape index (κ2) is 7.02.